The fourth-order valence-corrected chi connectivity index (χ4v) is 2.06. The Bertz CT molecular complexity index is 647. The van der Waals surface area contributed by atoms with Crippen LogP contribution in [0.15, 0.2) is 48.5 Å². The maximum Gasteiger partial charge on any atom is 0.314 e. The van der Waals surface area contributed by atoms with Gasteiger partial charge in [-0.15, -0.1) is 0 Å². The predicted octanol–water partition coefficient (Wildman–Crippen LogP) is 2.54. The Labute approximate surface area is 133 Å². The van der Waals surface area contributed by atoms with Crippen LogP contribution >= 0.6 is 0 Å². The zero-order valence-electron chi connectivity index (χ0n) is 12.4. The fourth-order valence-electron chi connectivity index (χ4n) is 2.06. The lowest BCUT2D eigenvalue weighted by Crippen LogP contribution is -2.38. The number of aliphatic hydroxyl groups excluding tert-OH is 1. The van der Waals surface area contributed by atoms with E-state index in [9.17, 15) is 18.7 Å². The van der Waals surface area contributed by atoms with Crippen LogP contribution in [0.1, 0.15) is 17.2 Å². The summed E-state index contributed by atoms with van der Waals surface area (Å²) in [5.74, 6) is -0.740. The monoisotopic (exact) mass is 320 g/mol. The van der Waals surface area contributed by atoms with Crippen LogP contribution in [0.3, 0.4) is 0 Å². The Morgan fingerprint density at radius 1 is 1.04 bits per heavy atom. The van der Waals surface area contributed by atoms with Crippen molar-refractivity contribution in [2.24, 2.45) is 0 Å². The van der Waals surface area contributed by atoms with Crippen molar-refractivity contribution in [3.63, 3.8) is 0 Å². The van der Waals surface area contributed by atoms with E-state index in [4.69, 9.17) is 0 Å². The van der Waals surface area contributed by atoms with Crippen LogP contribution in [0.25, 0.3) is 0 Å². The molecular formula is C17H18F2N2O2. The SMILES string of the molecule is O=C(NCCc1ccc(F)cc1)NC[C@@H](O)c1cccc(F)c1. The number of hydrogen-bond acceptors (Lipinski definition) is 2. The number of carbonyl (C=O) groups is 1. The van der Waals surface area contributed by atoms with E-state index >= 15 is 0 Å². The van der Waals surface area contributed by atoms with Gasteiger partial charge in [-0.2, -0.15) is 0 Å². The maximum absolute atomic E-state index is 13.0. The van der Waals surface area contributed by atoms with Crippen molar-refractivity contribution in [2.45, 2.75) is 12.5 Å². The molecule has 0 unspecified atom stereocenters. The third-order valence-corrected chi connectivity index (χ3v) is 3.30. The topological polar surface area (TPSA) is 61.4 Å². The molecule has 0 aliphatic carbocycles. The lowest BCUT2D eigenvalue weighted by Gasteiger charge is -2.13. The average molecular weight is 320 g/mol. The van der Waals surface area contributed by atoms with Gasteiger partial charge in [-0.3, -0.25) is 0 Å². The first-order valence-corrected chi connectivity index (χ1v) is 7.24. The van der Waals surface area contributed by atoms with Crippen LogP contribution < -0.4 is 10.6 Å². The zero-order valence-corrected chi connectivity index (χ0v) is 12.4. The molecule has 23 heavy (non-hydrogen) atoms. The second-order valence-corrected chi connectivity index (χ2v) is 5.08. The Hall–Kier alpha value is -2.47. The van der Waals surface area contributed by atoms with Crippen LogP contribution in [-0.4, -0.2) is 24.2 Å². The van der Waals surface area contributed by atoms with Gasteiger partial charge in [0.15, 0.2) is 0 Å². The van der Waals surface area contributed by atoms with Gasteiger partial charge in [-0.1, -0.05) is 24.3 Å². The van der Waals surface area contributed by atoms with Gasteiger partial charge in [-0.25, -0.2) is 13.6 Å². The minimum Gasteiger partial charge on any atom is -0.387 e. The summed E-state index contributed by atoms with van der Waals surface area (Å²) in [5, 5.41) is 15.0. The van der Waals surface area contributed by atoms with E-state index in [1.807, 2.05) is 0 Å². The molecule has 0 bridgehead atoms. The Morgan fingerprint density at radius 3 is 2.48 bits per heavy atom. The van der Waals surface area contributed by atoms with Gasteiger partial charge >= 0.3 is 6.03 Å². The summed E-state index contributed by atoms with van der Waals surface area (Å²) in [7, 11) is 0. The molecule has 0 saturated carbocycles. The minimum absolute atomic E-state index is 0.0220. The van der Waals surface area contributed by atoms with E-state index in [2.05, 4.69) is 10.6 Å². The smallest absolute Gasteiger partial charge is 0.314 e. The molecule has 0 aliphatic heterocycles. The zero-order chi connectivity index (χ0) is 16.7. The molecule has 4 nitrogen and oxygen atoms in total. The summed E-state index contributed by atoms with van der Waals surface area (Å²) in [6.45, 7) is 0.360. The molecule has 0 spiro atoms. The quantitative estimate of drug-likeness (QED) is 0.766. The van der Waals surface area contributed by atoms with Crippen molar-refractivity contribution >= 4 is 6.03 Å². The third kappa shape index (κ3) is 5.67. The summed E-state index contributed by atoms with van der Waals surface area (Å²) >= 11 is 0. The number of amides is 2. The van der Waals surface area contributed by atoms with Crippen molar-refractivity contribution in [2.75, 3.05) is 13.1 Å². The minimum atomic E-state index is -0.978. The molecule has 0 fully saturated rings. The van der Waals surface area contributed by atoms with Gasteiger partial charge in [0, 0.05) is 13.1 Å². The number of benzene rings is 2. The van der Waals surface area contributed by atoms with Gasteiger partial charge in [-0.05, 0) is 41.8 Å². The second-order valence-electron chi connectivity index (χ2n) is 5.08. The van der Waals surface area contributed by atoms with Gasteiger partial charge in [0.25, 0.3) is 0 Å². The molecule has 2 rings (SSSR count). The molecule has 3 N–H and O–H groups in total. The predicted molar refractivity (Wildman–Crippen MR) is 82.9 cm³/mol. The van der Waals surface area contributed by atoms with Crippen LogP contribution in [0, 0.1) is 11.6 Å². The number of rotatable bonds is 6. The third-order valence-electron chi connectivity index (χ3n) is 3.30. The molecule has 0 radical (unpaired) electrons. The van der Waals surface area contributed by atoms with Crippen LogP contribution in [0.2, 0.25) is 0 Å². The highest BCUT2D eigenvalue weighted by Gasteiger charge is 2.09. The normalized spacial score (nSPS) is 11.8. The first-order valence-electron chi connectivity index (χ1n) is 7.24. The largest absolute Gasteiger partial charge is 0.387 e. The van der Waals surface area contributed by atoms with Gasteiger partial charge < -0.3 is 15.7 Å². The summed E-state index contributed by atoms with van der Waals surface area (Å²) in [6.07, 6.45) is -0.409. The van der Waals surface area contributed by atoms with E-state index < -0.39 is 18.0 Å². The van der Waals surface area contributed by atoms with Crippen molar-refractivity contribution < 1.29 is 18.7 Å². The van der Waals surface area contributed by atoms with Gasteiger partial charge in [0.05, 0.1) is 6.10 Å². The summed E-state index contributed by atoms with van der Waals surface area (Å²) in [6, 6.07) is 11.2. The molecule has 1 atom stereocenters. The van der Waals surface area contributed by atoms with E-state index in [1.165, 1.54) is 30.3 Å². The van der Waals surface area contributed by atoms with Crippen LogP contribution in [-0.2, 0) is 6.42 Å². The molecule has 0 heterocycles. The lowest BCUT2D eigenvalue weighted by atomic mass is 10.1. The number of nitrogens with one attached hydrogen (secondary N) is 2. The Morgan fingerprint density at radius 2 is 1.78 bits per heavy atom. The second kappa shape index (κ2) is 8.24. The number of aliphatic hydroxyl groups is 1. The summed E-state index contributed by atoms with van der Waals surface area (Å²) in [4.78, 5) is 11.6. The molecule has 6 heteroatoms. The van der Waals surface area contributed by atoms with Gasteiger partial charge in [0.2, 0.25) is 0 Å². The van der Waals surface area contributed by atoms with E-state index in [-0.39, 0.29) is 12.4 Å². The fraction of sp³-hybridized carbons (Fsp3) is 0.235. The number of halogens is 2. The first kappa shape index (κ1) is 16.9. The molecule has 122 valence electrons. The highest BCUT2D eigenvalue weighted by molar-refractivity contribution is 5.73. The number of hydrogen-bond donors (Lipinski definition) is 3. The Balaban J connectivity index is 1.69. The summed E-state index contributed by atoms with van der Waals surface area (Å²) < 4.78 is 25.8. The standard InChI is InChI=1S/C17H18F2N2O2/c18-14-6-4-12(5-7-14)8-9-20-17(23)21-11-16(22)13-2-1-3-15(19)10-13/h1-7,10,16,22H,8-9,11H2,(H2,20,21,23)/t16-/m1/s1. The Kier molecular flexibility index (Phi) is 6.05. The van der Waals surface area contributed by atoms with Crippen molar-refractivity contribution in [3.05, 3.63) is 71.3 Å². The molecule has 0 saturated heterocycles. The molecule has 2 aromatic carbocycles. The van der Waals surface area contributed by atoms with E-state index in [0.29, 0.717) is 18.5 Å². The maximum atomic E-state index is 13.0. The number of urea groups is 1. The highest BCUT2D eigenvalue weighted by Crippen LogP contribution is 2.12. The van der Waals surface area contributed by atoms with Crippen LogP contribution in [0.4, 0.5) is 13.6 Å². The molecule has 2 aromatic rings. The molecule has 0 aromatic heterocycles. The average Bonchev–Trinajstić information content (AvgIpc) is 2.54. The number of carbonyl (C=O) groups excluding carboxylic acids is 1. The van der Waals surface area contributed by atoms with E-state index in [1.54, 1.807) is 18.2 Å². The highest BCUT2D eigenvalue weighted by atomic mass is 19.1. The lowest BCUT2D eigenvalue weighted by molar-refractivity contribution is 0.173. The molecule has 2 amide bonds. The van der Waals surface area contributed by atoms with E-state index in [0.717, 1.165) is 5.56 Å². The van der Waals surface area contributed by atoms with Crippen molar-refractivity contribution in [1.82, 2.24) is 10.6 Å². The van der Waals surface area contributed by atoms with Crippen molar-refractivity contribution in [1.29, 1.82) is 0 Å². The molecular weight excluding hydrogens is 302 g/mol. The summed E-state index contributed by atoms with van der Waals surface area (Å²) in [5.41, 5.74) is 1.31. The first-order chi connectivity index (χ1) is 11.0. The van der Waals surface area contributed by atoms with Crippen molar-refractivity contribution in [3.8, 4) is 0 Å². The molecule has 0 aliphatic rings. The van der Waals surface area contributed by atoms with Gasteiger partial charge in [0.1, 0.15) is 11.6 Å². The van der Waals surface area contributed by atoms with Crippen LogP contribution in [0.5, 0.6) is 0 Å².